The minimum Gasteiger partial charge on any atom is -0.505 e. The lowest BCUT2D eigenvalue weighted by molar-refractivity contribution is 0.465. The van der Waals surface area contributed by atoms with Crippen LogP contribution in [0.5, 0.6) is 17.2 Å². The summed E-state index contributed by atoms with van der Waals surface area (Å²) >= 11 is 17.3. The largest absolute Gasteiger partial charge is 0.505 e. The summed E-state index contributed by atoms with van der Waals surface area (Å²) in [6.07, 6.45) is 0. The number of phenols is 1. The van der Waals surface area contributed by atoms with Crippen molar-refractivity contribution in [1.29, 1.82) is 0 Å². The number of aromatic hydroxyl groups is 1. The molecule has 0 aliphatic rings. The average Bonchev–Trinajstić information content (AvgIpc) is 2.29. The molecule has 0 saturated carbocycles. The lowest BCUT2D eigenvalue weighted by atomic mass is 10.3. The third-order valence-corrected chi connectivity index (χ3v) is 2.87. The van der Waals surface area contributed by atoms with Crippen molar-refractivity contribution >= 4 is 34.8 Å². The van der Waals surface area contributed by atoms with Gasteiger partial charge in [-0.05, 0) is 24.3 Å². The molecule has 0 spiro atoms. The normalized spacial score (nSPS) is 10.3. The van der Waals surface area contributed by atoms with E-state index < -0.39 is 0 Å². The maximum Gasteiger partial charge on any atom is 0.153 e. The van der Waals surface area contributed by atoms with Gasteiger partial charge in [0.1, 0.15) is 11.5 Å². The van der Waals surface area contributed by atoms with Gasteiger partial charge in [0.15, 0.2) is 5.75 Å². The van der Waals surface area contributed by atoms with Crippen LogP contribution in [0.4, 0.5) is 0 Å². The molecule has 0 bridgehead atoms. The summed E-state index contributed by atoms with van der Waals surface area (Å²) in [6, 6.07) is 9.82. The van der Waals surface area contributed by atoms with Crippen LogP contribution in [-0.2, 0) is 0 Å². The Hall–Kier alpha value is -1.09. The Bertz CT molecular complexity index is 515. The first-order chi connectivity index (χ1) is 8.06. The summed E-state index contributed by atoms with van der Waals surface area (Å²) in [5, 5.41) is 10.3. The van der Waals surface area contributed by atoms with Crippen molar-refractivity contribution in [2.75, 3.05) is 0 Å². The summed E-state index contributed by atoms with van der Waals surface area (Å²) in [6.45, 7) is 0. The maximum atomic E-state index is 9.40. The van der Waals surface area contributed by atoms with E-state index in [1.54, 1.807) is 24.3 Å². The monoisotopic (exact) mass is 288 g/mol. The lowest BCUT2D eigenvalue weighted by Gasteiger charge is -2.08. The molecule has 0 unspecified atom stereocenters. The van der Waals surface area contributed by atoms with E-state index >= 15 is 0 Å². The first kappa shape index (κ1) is 12.4. The van der Waals surface area contributed by atoms with Gasteiger partial charge >= 0.3 is 0 Å². The van der Waals surface area contributed by atoms with Crippen LogP contribution in [0.1, 0.15) is 0 Å². The zero-order valence-electron chi connectivity index (χ0n) is 8.45. The number of phenolic OH excluding ortho intramolecular Hbond substituents is 1. The van der Waals surface area contributed by atoms with Crippen LogP contribution < -0.4 is 4.74 Å². The quantitative estimate of drug-likeness (QED) is 0.829. The molecule has 5 heteroatoms. The summed E-state index contributed by atoms with van der Waals surface area (Å²) in [5.41, 5.74) is 0. The summed E-state index contributed by atoms with van der Waals surface area (Å²) in [5.74, 6) is 0.893. The molecule has 2 nitrogen and oxygen atoms in total. The van der Waals surface area contributed by atoms with E-state index in [-0.39, 0.29) is 15.8 Å². The highest BCUT2D eigenvalue weighted by molar-refractivity contribution is 6.37. The second kappa shape index (κ2) is 5.05. The van der Waals surface area contributed by atoms with E-state index in [1.165, 1.54) is 12.1 Å². The Morgan fingerprint density at radius 1 is 0.824 bits per heavy atom. The minimum absolute atomic E-state index is 0.140. The van der Waals surface area contributed by atoms with E-state index in [0.717, 1.165) is 0 Å². The van der Waals surface area contributed by atoms with Gasteiger partial charge < -0.3 is 9.84 Å². The van der Waals surface area contributed by atoms with Gasteiger partial charge in [-0.1, -0.05) is 34.8 Å². The van der Waals surface area contributed by atoms with Crippen LogP contribution >= 0.6 is 34.8 Å². The molecular weight excluding hydrogens is 282 g/mol. The molecule has 0 atom stereocenters. The molecule has 2 aromatic rings. The molecule has 0 aromatic heterocycles. The van der Waals surface area contributed by atoms with Crippen molar-refractivity contribution in [2.24, 2.45) is 0 Å². The molecule has 0 radical (unpaired) electrons. The van der Waals surface area contributed by atoms with Gasteiger partial charge in [-0.2, -0.15) is 0 Å². The smallest absolute Gasteiger partial charge is 0.153 e. The second-order valence-corrected chi connectivity index (χ2v) is 4.54. The van der Waals surface area contributed by atoms with Gasteiger partial charge in [-0.25, -0.2) is 0 Å². The summed E-state index contributed by atoms with van der Waals surface area (Å²) in [4.78, 5) is 0. The van der Waals surface area contributed by atoms with Crippen molar-refractivity contribution in [3.8, 4) is 17.2 Å². The van der Waals surface area contributed by atoms with Crippen molar-refractivity contribution < 1.29 is 9.84 Å². The van der Waals surface area contributed by atoms with E-state index in [0.29, 0.717) is 16.5 Å². The zero-order chi connectivity index (χ0) is 12.4. The molecule has 0 saturated heterocycles. The maximum absolute atomic E-state index is 9.40. The molecule has 0 heterocycles. The number of ether oxygens (including phenoxy) is 1. The van der Waals surface area contributed by atoms with E-state index in [2.05, 4.69) is 0 Å². The molecule has 1 N–H and O–H groups in total. The average molecular weight is 290 g/mol. The van der Waals surface area contributed by atoms with Gasteiger partial charge in [0.2, 0.25) is 0 Å². The van der Waals surface area contributed by atoms with E-state index in [1.807, 2.05) is 0 Å². The van der Waals surface area contributed by atoms with Crippen LogP contribution in [0.15, 0.2) is 36.4 Å². The van der Waals surface area contributed by atoms with Gasteiger partial charge in [0.05, 0.1) is 10.0 Å². The fourth-order valence-electron chi connectivity index (χ4n) is 1.24. The van der Waals surface area contributed by atoms with Crippen molar-refractivity contribution in [1.82, 2.24) is 0 Å². The third kappa shape index (κ3) is 2.97. The van der Waals surface area contributed by atoms with Crippen LogP contribution in [0.2, 0.25) is 15.1 Å². The number of halogens is 3. The molecular formula is C12H7Cl3O2. The Morgan fingerprint density at radius 3 is 1.88 bits per heavy atom. The van der Waals surface area contributed by atoms with Crippen LogP contribution in [0, 0.1) is 0 Å². The van der Waals surface area contributed by atoms with Crippen molar-refractivity contribution in [2.45, 2.75) is 0 Å². The lowest BCUT2D eigenvalue weighted by Crippen LogP contribution is -1.84. The highest BCUT2D eigenvalue weighted by Gasteiger charge is 2.08. The molecule has 0 fully saturated rings. The Kier molecular flexibility index (Phi) is 3.67. The zero-order valence-corrected chi connectivity index (χ0v) is 10.7. The fourth-order valence-corrected chi connectivity index (χ4v) is 1.83. The molecule has 0 aliphatic carbocycles. The summed E-state index contributed by atoms with van der Waals surface area (Å²) in [7, 11) is 0. The highest BCUT2D eigenvalue weighted by atomic mass is 35.5. The highest BCUT2D eigenvalue weighted by Crippen LogP contribution is 2.37. The first-order valence-electron chi connectivity index (χ1n) is 4.67. The van der Waals surface area contributed by atoms with Gasteiger partial charge in [-0.15, -0.1) is 0 Å². The summed E-state index contributed by atoms with van der Waals surface area (Å²) < 4.78 is 5.51. The molecule has 2 rings (SSSR count). The number of hydrogen-bond acceptors (Lipinski definition) is 2. The predicted molar refractivity (Wildman–Crippen MR) is 69.7 cm³/mol. The van der Waals surface area contributed by atoms with Crippen LogP contribution in [0.25, 0.3) is 0 Å². The molecule has 2 aromatic carbocycles. The Balaban J connectivity index is 2.27. The van der Waals surface area contributed by atoms with Crippen molar-refractivity contribution in [3.63, 3.8) is 0 Å². The molecule has 88 valence electrons. The van der Waals surface area contributed by atoms with Crippen LogP contribution in [-0.4, -0.2) is 5.11 Å². The van der Waals surface area contributed by atoms with Gasteiger partial charge in [0.25, 0.3) is 0 Å². The Morgan fingerprint density at radius 2 is 1.35 bits per heavy atom. The standard InChI is InChI=1S/C12H7Cl3O2/c13-7-1-3-8(4-2-7)17-9-5-10(14)12(16)11(15)6-9/h1-6,16H. The fraction of sp³-hybridized carbons (Fsp3) is 0. The second-order valence-electron chi connectivity index (χ2n) is 3.29. The van der Waals surface area contributed by atoms with Crippen molar-refractivity contribution in [3.05, 3.63) is 51.5 Å². The SMILES string of the molecule is Oc1c(Cl)cc(Oc2ccc(Cl)cc2)cc1Cl. The topological polar surface area (TPSA) is 29.5 Å². The third-order valence-electron chi connectivity index (χ3n) is 2.04. The van der Waals surface area contributed by atoms with E-state index in [9.17, 15) is 5.11 Å². The Labute approximate surface area is 113 Å². The number of benzene rings is 2. The molecule has 0 aliphatic heterocycles. The molecule has 0 amide bonds. The first-order valence-corrected chi connectivity index (χ1v) is 5.81. The minimum atomic E-state index is -0.156. The van der Waals surface area contributed by atoms with Gasteiger partial charge in [-0.3, -0.25) is 0 Å². The van der Waals surface area contributed by atoms with Gasteiger partial charge in [0, 0.05) is 17.2 Å². The number of rotatable bonds is 2. The number of hydrogen-bond donors (Lipinski definition) is 1. The predicted octanol–water partition coefficient (Wildman–Crippen LogP) is 5.14. The van der Waals surface area contributed by atoms with E-state index in [4.69, 9.17) is 39.5 Å². The van der Waals surface area contributed by atoms with Crippen LogP contribution in [0.3, 0.4) is 0 Å². The molecule has 17 heavy (non-hydrogen) atoms.